The van der Waals surface area contributed by atoms with Gasteiger partial charge in [-0.05, 0) is 56.7 Å². The molecule has 0 bridgehead atoms. The molecule has 0 aromatic heterocycles. The molecule has 1 heterocycles. The molecule has 4 heteroatoms. The molecule has 2 N–H and O–H groups in total. The Morgan fingerprint density at radius 1 is 1.24 bits per heavy atom. The molecule has 21 heavy (non-hydrogen) atoms. The highest BCUT2D eigenvalue weighted by molar-refractivity contribution is 5.78. The Hall–Kier alpha value is -1.55. The van der Waals surface area contributed by atoms with Crippen LogP contribution in [0.3, 0.4) is 0 Å². The summed E-state index contributed by atoms with van der Waals surface area (Å²) in [6.45, 7) is 4.39. The molecule has 1 saturated heterocycles. The average molecular weight is 290 g/mol. The van der Waals surface area contributed by atoms with Crippen LogP contribution in [0.15, 0.2) is 24.3 Å². The second kappa shape index (κ2) is 8.03. The van der Waals surface area contributed by atoms with E-state index in [1.165, 1.54) is 12.0 Å². The zero-order valence-corrected chi connectivity index (χ0v) is 12.8. The number of nitrogens with zero attached hydrogens (tertiary/aromatic N) is 1. The topological polar surface area (TPSA) is 52.6 Å². The van der Waals surface area contributed by atoms with Crippen LogP contribution in [-0.4, -0.2) is 41.6 Å². The van der Waals surface area contributed by atoms with Gasteiger partial charge in [0.1, 0.15) is 5.75 Å². The van der Waals surface area contributed by atoms with Crippen LogP contribution in [0.25, 0.3) is 0 Å². The van der Waals surface area contributed by atoms with Gasteiger partial charge in [0.15, 0.2) is 0 Å². The molecule has 0 spiro atoms. The maximum absolute atomic E-state index is 12.0. The number of piperidine rings is 1. The fraction of sp³-hybridized carbons (Fsp3) is 0.588. The quantitative estimate of drug-likeness (QED) is 0.845. The third kappa shape index (κ3) is 5.38. The van der Waals surface area contributed by atoms with Crippen LogP contribution in [0, 0.1) is 0 Å². The van der Waals surface area contributed by atoms with Crippen molar-refractivity contribution in [1.82, 2.24) is 10.2 Å². The van der Waals surface area contributed by atoms with E-state index in [9.17, 15) is 9.90 Å². The molecule has 0 radical (unpaired) electrons. The fourth-order valence-electron chi connectivity index (χ4n) is 2.66. The molecule has 1 atom stereocenters. The number of carbonyl (C=O) groups excluding carboxylic acids is 1. The normalized spacial score (nSPS) is 16.7. The highest BCUT2D eigenvalue weighted by atomic mass is 16.3. The summed E-state index contributed by atoms with van der Waals surface area (Å²) in [7, 11) is 0. The Bertz CT molecular complexity index is 439. The van der Waals surface area contributed by atoms with E-state index >= 15 is 0 Å². The van der Waals surface area contributed by atoms with Gasteiger partial charge in [0.2, 0.25) is 5.91 Å². The number of phenols is 1. The monoisotopic (exact) mass is 290 g/mol. The zero-order valence-electron chi connectivity index (χ0n) is 12.8. The third-order valence-corrected chi connectivity index (χ3v) is 4.11. The lowest BCUT2D eigenvalue weighted by Gasteiger charge is -2.27. The van der Waals surface area contributed by atoms with Crippen molar-refractivity contribution >= 4 is 5.91 Å². The summed E-state index contributed by atoms with van der Waals surface area (Å²) in [5.41, 5.74) is 1.21. The Balaban J connectivity index is 1.65. The summed E-state index contributed by atoms with van der Waals surface area (Å²) in [6, 6.07) is 7.63. The van der Waals surface area contributed by atoms with Crippen LogP contribution in [0.4, 0.5) is 0 Å². The van der Waals surface area contributed by atoms with Gasteiger partial charge in [-0.25, -0.2) is 0 Å². The number of phenolic OH excluding ortho intramolecular Hbond substituents is 1. The summed E-state index contributed by atoms with van der Waals surface area (Å²) in [6.07, 6.45) is 5.47. The van der Waals surface area contributed by atoms with E-state index in [1.54, 1.807) is 12.1 Å². The molecule has 0 saturated carbocycles. The second-order valence-electron chi connectivity index (χ2n) is 5.93. The van der Waals surface area contributed by atoms with Crippen LogP contribution in [0.2, 0.25) is 0 Å². The lowest BCUT2D eigenvalue weighted by Crippen LogP contribution is -2.43. The predicted molar refractivity (Wildman–Crippen MR) is 84.3 cm³/mol. The van der Waals surface area contributed by atoms with Crippen molar-refractivity contribution in [2.45, 2.75) is 45.1 Å². The van der Waals surface area contributed by atoms with Crippen LogP contribution in [0.5, 0.6) is 5.75 Å². The standard InChI is InChI=1S/C17H26N2O2/c1-14(5-6-15-7-9-16(20)10-8-15)18-13-17(21)19-11-3-2-4-12-19/h7-10,14,18,20H,2-6,11-13H2,1H3. The van der Waals surface area contributed by atoms with Gasteiger partial charge in [-0.15, -0.1) is 0 Å². The number of amides is 1. The lowest BCUT2D eigenvalue weighted by atomic mass is 10.1. The van der Waals surface area contributed by atoms with Gasteiger partial charge in [0.25, 0.3) is 0 Å². The summed E-state index contributed by atoms with van der Waals surface area (Å²) in [5.74, 6) is 0.531. The number of nitrogens with one attached hydrogen (secondary N) is 1. The first-order valence-electron chi connectivity index (χ1n) is 7.94. The van der Waals surface area contributed by atoms with E-state index in [0.717, 1.165) is 38.8 Å². The minimum absolute atomic E-state index is 0.228. The molecule has 1 aromatic carbocycles. The van der Waals surface area contributed by atoms with Gasteiger partial charge in [0, 0.05) is 19.1 Å². The first kappa shape index (κ1) is 15.8. The van der Waals surface area contributed by atoms with E-state index in [1.807, 2.05) is 17.0 Å². The van der Waals surface area contributed by atoms with Crippen molar-refractivity contribution in [1.29, 1.82) is 0 Å². The number of carbonyl (C=O) groups is 1. The zero-order chi connectivity index (χ0) is 15.1. The average Bonchev–Trinajstić information content (AvgIpc) is 2.53. The molecule has 2 rings (SSSR count). The Kier molecular flexibility index (Phi) is 6.05. The Morgan fingerprint density at radius 2 is 1.90 bits per heavy atom. The number of aryl methyl sites for hydroxylation is 1. The maximum Gasteiger partial charge on any atom is 0.236 e. The Morgan fingerprint density at radius 3 is 2.57 bits per heavy atom. The molecule has 4 nitrogen and oxygen atoms in total. The molecule has 1 fully saturated rings. The summed E-state index contributed by atoms with van der Waals surface area (Å²) >= 11 is 0. The SMILES string of the molecule is CC(CCc1ccc(O)cc1)NCC(=O)N1CCCCC1. The van der Waals surface area contributed by atoms with Gasteiger partial charge in [-0.3, -0.25) is 4.79 Å². The largest absolute Gasteiger partial charge is 0.508 e. The lowest BCUT2D eigenvalue weighted by molar-refractivity contribution is -0.131. The molecule has 1 aliphatic rings. The van der Waals surface area contributed by atoms with Crippen molar-refractivity contribution in [2.24, 2.45) is 0 Å². The first-order chi connectivity index (χ1) is 10.1. The highest BCUT2D eigenvalue weighted by Gasteiger charge is 2.16. The van der Waals surface area contributed by atoms with E-state index in [0.29, 0.717) is 18.3 Å². The highest BCUT2D eigenvalue weighted by Crippen LogP contribution is 2.12. The molecule has 0 aliphatic carbocycles. The predicted octanol–water partition coefficient (Wildman–Crippen LogP) is 2.32. The molecule has 116 valence electrons. The van der Waals surface area contributed by atoms with Crippen molar-refractivity contribution in [2.75, 3.05) is 19.6 Å². The number of hydrogen-bond donors (Lipinski definition) is 2. The van der Waals surface area contributed by atoms with Crippen molar-refractivity contribution in [3.8, 4) is 5.75 Å². The molecule has 1 aromatic rings. The molecular formula is C17H26N2O2. The molecular weight excluding hydrogens is 264 g/mol. The van der Waals surface area contributed by atoms with Crippen LogP contribution < -0.4 is 5.32 Å². The van der Waals surface area contributed by atoms with Gasteiger partial charge in [-0.2, -0.15) is 0 Å². The second-order valence-corrected chi connectivity index (χ2v) is 5.93. The summed E-state index contributed by atoms with van der Waals surface area (Å²) in [4.78, 5) is 14.0. The fourth-order valence-corrected chi connectivity index (χ4v) is 2.66. The van der Waals surface area contributed by atoms with E-state index in [-0.39, 0.29) is 5.91 Å². The van der Waals surface area contributed by atoms with Gasteiger partial charge in [-0.1, -0.05) is 12.1 Å². The Labute approximate surface area is 127 Å². The molecule has 1 aliphatic heterocycles. The van der Waals surface area contributed by atoms with Gasteiger partial charge in [0.05, 0.1) is 6.54 Å². The number of hydrogen-bond acceptors (Lipinski definition) is 3. The minimum Gasteiger partial charge on any atom is -0.508 e. The number of benzene rings is 1. The number of likely N-dealkylation sites (tertiary alicyclic amines) is 1. The van der Waals surface area contributed by atoms with Gasteiger partial charge >= 0.3 is 0 Å². The van der Waals surface area contributed by atoms with Crippen LogP contribution >= 0.6 is 0 Å². The first-order valence-corrected chi connectivity index (χ1v) is 7.94. The molecule has 1 unspecified atom stereocenters. The summed E-state index contributed by atoms with van der Waals surface area (Å²) in [5, 5.41) is 12.6. The van der Waals surface area contributed by atoms with Crippen molar-refractivity contribution in [3.63, 3.8) is 0 Å². The minimum atomic E-state index is 0.228. The number of aromatic hydroxyl groups is 1. The third-order valence-electron chi connectivity index (χ3n) is 4.11. The van der Waals surface area contributed by atoms with Gasteiger partial charge < -0.3 is 15.3 Å². The van der Waals surface area contributed by atoms with Crippen LogP contribution in [0.1, 0.15) is 38.2 Å². The van der Waals surface area contributed by atoms with E-state index < -0.39 is 0 Å². The van der Waals surface area contributed by atoms with Crippen LogP contribution in [-0.2, 0) is 11.2 Å². The smallest absolute Gasteiger partial charge is 0.236 e. The number of rotatable bonds is 6. The van der Waals surface area contributed by atoms with E-state index in [2.05, 4.69) is 12.2 Å². The van der Waals surface area contributed by atoms with E-state index in [4.69, 9.17) is 0 Å². The summed E-state index contributed by atoms with van der Waals surface area (Å²) < 4.78 is 0. The van der Waals surface area contributed by atoms with Crippen molar-refractivity contribution in [3.05, 3.63) is 29.8 Å². The molecule has 1 amide bonds. The maximum atomic E-state index is 12.0. The van der Waals surface area contributed by atoms with Crippen molar-refractivity contribution < 1.29 is 9.90 Å².